The van der Waals surface area contributed by atoms with Gasteiger partial charge in [0, 0.05) is 18.3 Å². The molecule has 0 bridgehead atoms. The molecule has 0 radical (unpaired) electrons. The summed E-state index contributed by atoms with van der Waals surface area (Å²) in [5.74, 6) is 0.604. The van der Waals surface area contributed by atoms with Gasteiger partial charge in [0.25, 0.3) is 0 Å². The third kappa shape index (κ3) is 4.56. The molecule has 17 heavy (non-hydrogen) atoms. The van der Waals surface area contributed by atoms with E-state index in [1.165, 1.54) is 6.42 Å². The highest BCUT2D eigenvalue weighted by Crippen LogP contribution is 2.16. The molecule has 0 aliphatic carbocycles. The van der Waals surface area contributed by atoms with Gasteiger partial charge < -0.3 is 10.1 Å². The number of hydrogen-bond acceptors (Lipinski definition) is 4. The van der Waals surface area contributed by atoms with Crippen molar-refractivity contribution in [3.05, 3.63) is 22.2 Å². The quantitative estimate of drug-likeness (QED) is 0.684. The van der Waals surface area contributed by atoms with E-state index in [9.17, 15) is 0 Å². The standard InChI is InChI=1S/C10H13Cl2N3O.ClH/c11-9-8(4-14-10(12)15-9)6-16-5-7-1-2-13-3-7;/h4,7,13H,1-3,5-6H2;1H. The van der Waals surface area contributed by atoms with Gasteiger partial charge in [-0.25, -0.2) is 9.97 Å². The van der Waals surface area contributed by atoms with Crippen molar-refractivity contribution >= 4 is 35.6 Å². The first-order chi connectivity index (χ1) is 7.75. The number of nitrogens with one attached hydrogen (secondary N) is 1. The summed E-state index contributed by atoms with van der Waals surface area (Å²) < 4.78 is 5.58. The lowest BCUT2D eigenvalue weighted by Gasteiger charge is -2.09. The summed E-state index contributed by atoms with van der Waals surface area (Å²) in [6, 6.07) is 0. The molecule has 7 heteroatoms. The van der Waals surface area contributed by atoms with Crippen LogP contribution in [-0.2, 0) is 11.3 Å². The lowest BCUT2D eigenvalue weighted by atomic mass is 10.1. The monoisotopic (exact) mass is 297 g/mol. The maximum atomic E-state index is 5.90. The highest BCUT2D eigenvalue weighted by molar-refractivity contribution is 6.32. The van der Waals surface area contributed by atoms with Gasteiger partial charge in [0.2, 0.25) is 5.28 Å². The zero-order chi connectivity index (χ0) is 11.4. The van der Waals surface area contributed by atoms with Crippen molar-refractivity contribution in [1.82, 2.24) is 15.3 Å². The van der Waals surface area contributed by atoms with Gasteiger partial charge in [-0.1, -0.05) is 11.6 Å². The largest absolute Gasteiger partial charge is 0.376 e. The van der Waals surface area contributed by atoms with Crippen LogP contribution in [0.5, 0.6) is 0 Å². The van der Waals surface area contributed by atoms with Crippen LogP contribution in [0.15, 0.2) is 6.20 Å². The van der Waals surface area contributed by atoms with E-state index in [-0.39, 0.29) is 17.7 Å². The van der Waals surface area contributed by atoms with Gasteiger partial charge in [0.05, 0.1) is 13.2 Å². The molecule has 1 atom stereocenters. The third-order valence-electron chi connectivity index (χ3n) is 2.56. The minimum atomic E-state index is 0. The molecule has 1 aromatic rings. The van der Waals surface area contributed by atoms with E-state index in [4.69, 9.17) is 27.9 Å². The Balaban J connectivity index is 0.00000144. The molecule has 2 rings (SSSR count). The number of rotatable bonds is 4. The van der Waals surface area contributed by atoms with Crippen LogP contribution in [0.3, 0.4) is 0 Å². The maximum Gasteiger partial charge on any atom is 0.223 e. The van der Waals surface area contributed by atoms with Crippen LogP contribution in [0.1, 0.15) is 12.0 Å². The molecule has 1 saturated heterocycles. The third-order valence-corrected chi connectivity index (χ3v) is 3.07. The summed E-state index contributed by atoms with van der Waals surface area (Å²) in [4.78, 5) is 7.72. The van der Waals surface area contributed by atoms with Crippen LogP contribution >= 0.6 is 35.6 Å². The summed E-state index contributed by atoms with van der Waals surface area (Å²) in [6.45, 7) is 3.29. The van der Waals surface area contributed by atoms with Crippen molar-refractivity contribution in [1.29, 1.82) is 0 Å². The van der Waals surface area contributed by atoms with E-state index in [1.54, 1.807) is 6.20 Å². The molecule has 96 valence electrons. The van der Waals surface area contributed by atoms with E-state index in [2.05, 4.69) is 15.3 Å². The Labute approximate surface area is 116 Å². The summed E-state index contributed by atoms with van der Waals surface area (Å²) in [5.41, 5.74) is 0.775. The van der Waals surface area contributed by atoms with Gasteiger partial charge in [0.1, 0.15) is 5.15 Å². The molecule has 1 unspecified atom stereocenters. The molecule has 0 saturated carbocycles. The molecule has 0 amide bonds. The van der Waals surface area contributed by atoms with E-state index >= 15 is 0 Å². The van der Waals surface area contributed by atoms with Crippen LogP contribution in [0, 0.1) is 5.92 Å². The zero-order valence-electron chi connectivity index (χ0n) is 9.16. The second-order valence-corrected chi connectivity index (χ2v) is 4.53. The SMILES string of the molecule is Cl.Clc1ncc(COCC2CCNC2)c(Cl)n1. The lowest BCUT2D eigenvalue weighted by Crippen LogP contribution is -2.13. The van der Waals surface area contributed by atoms with Crippen LogP contribution in [0.2, 0.25) is 10.4 Å². The normalized spacial score (nSPS) is 19.1. The zero-order valence-corrected chi connectivity index (χ0v) is 11.5. The number of halogens is 3. The fraction of sp³-hybridized carbons (Fsp3) is 0.600. The number of ether oxygens (including phenoxy) is 1. The maximum absolute atomic E-state index is 5.90. The molecular weight excluding hydrogens is 284 g/mol. The van der Waals surface area contributed by atoms with Crippen LogP contribution in [0.4, 0.5) is 0 Å². The predicted molar refractivity (Wildman–Crippen MR) is 69.9 cm³/mol. The fourth-order valence-corrected chi connectivity index (χ4v) is 2.02. The molecule has 1 fully saturated rings. The Morgan fingerprint density at radius 2 is 2.29 bits per heavy atom. The average molecular weight is 299 g/mol. The Hall–Kier alpha value is -0.130. The van der Waals surface area contributed by atoms with Crippen molar-refractivity contribution in [2.24, 2.45) is 5.92 Å². The molecular formula is C10H14Cl3N3O. The summed E-state index contributed by atoms with van der Waals surface area (Å²) >= 11 is 11.5. The molecule has 0 spiro atoms. The van der Waals surface area contributed by atoms with Gasteiger partial charge >= 0.3 is 0 Å². The minimum absolute atomic E-state index is 0. The van der Waals surface area contributed by atoms with Gasteiger partial charge in [-0.3, -0.25) is 0 Å². The number of hydrogen-bond donors (Lipinski definition) is 1. The Kier molecular flexibility index (Phi) is 6.44. The van der Waals surface area contributed by atoms with E-state index in [1.807, 2.05) is 0 Å². The lowest BCUT2D eigenvalue weighted by molar-refractivity contribution is 0.0921. The van der Waals surface area contributed by atoms with E-state index < -0.39 is 0 Å². The van der Waals surface area contributed by atoms with Crippen LogP contribution < -0.4 is 5.32 Å². The molecule has 4 nitrogen and oxygen atoms in total. The summed E-state index contributed by atoms with van der Waals surface area (Å²) in [7, 11) is 0. The topological polar surface area (TPSA) is 47.0 Å². The highest BCUT2D eigenvalue weighted by atomic mass is 35.5. The number of aromatic nitrogens is 2. The summed E-state index contributed by atoms with van der Waals surface area (Å²) in [6.07, 6.45) is 2.77. The summed E-state index contributed by atoms with van der Waals surface area (Å²) in [5, 5.41) is 3.82. The van der Waals surface area contributed by atoms with Crippen molar-refractivity contribution in [3.63, 3.8) is 0 Å². The fourth-order valence-electron chi connectivity index (χ4n) is 1.66. The van der Waals surface area contributed by atoms with E-state index in [0.29, 0.717) is 17.7 Å². The van der Waals surface area contributed by atoms with Crippen molar-refractivity contribution in [3.8, 4) is 0 Å². The Morgan fingerprint density at radius 1 is 1.47 bits per heavy atom. The molecule has 1 aliphatic rings. The molecule has 1 aliphatic heterocycles. The second kappa shape index (κ2) is 7.34. The van der Waals surface area contributed by atoms with Crippen LogP contribution in [-0.4, -0.2) is 29.7 Å². The molecule has 0 aromatic carbocycles. The first kappa shape index (κ1) is 14.9. The van der Waals surface area contributed by atoms with E-state index in [0.717, 1.165) is 25.3 Å². The molecule has 1 aromatic heterocycles. The Morgan fingerprint density at radius 3 is 2.94 bits per heavy atom. The van der Waals surface area contributed by atoms with Crippen molar-refractivity contribution < 1.29 is 4.74 Å². The second-order valence-electron chi connectivity index (χ2n) is 3.83. The minimum Gasteiger partial charge on any atom is -0.376 e. The first-order valence-corrected chi connectivity index (χ1v) is 5.96. The Bertz CT molecular complexity index is 359. The van der Waals surface area contributed by atoms with Crippen molar-refractivity contribution in [2.45, 2.75) is 13.0 Å². The molecule has 1 N–H and O–H groups in total. The number of nitrogens with zero attached hydrogens (tertiary/aromatic N) is 2. The average Bonchev–Trinajstić information content (AvgIpc) is 2.74. The van der Waals surface area contributed by atoms with Gasteiger partial charge in [-0.05, 0) is 30.5 Å². The van der Waals surface area contributed by atoms with Crippen molar-refractivity contribution in [2.75, 3.05) is 19.7 Å². The molecule has 2 heterocycles. The smallest absolute Gasteiger partial charge is 0.223 e. The van der Waals surface area contributed by atoms with Gasteiger partial charge in [-0.2, -0.15) is 0 Å². The van der Waals surface area contributed by atoms with Gasteiger partial charge in [-0.15, -0.1) is 12.4 Å². The predicted octanol–water partition coefficient (Wildman–Crippen LogP) is 2.33. The van der Waals surface area contributed by atoms with Gasteiger partial charge in [0.15, 0.2) is 0 Å². The van der Waals surface area contributed by atoms with Crippen LogP contribution in [0.25, 0.3) is 0 Å². The first-order valence-electron chi connectivity index (χ1n) is 5.21. The highest BCUT2D eigenvalue weighted by Gasteiger charge is 2.14.